The highest BCUT2D eigenvalue weighted by Crippen LogP contribution is 2.60. The summed E-state index contributed by atoms with van der Waals surface area (Å²) in [4.78, 5) is 48.1. The first-order valence-corrected chi connectivity index (χ1v) is 9.37. The highest BCUT2D eigenvalue weighted by atomic mass is 127. The van der Waals surface area contributed by atoms with Gasteiger partial charge in [0.25, 0.3) is 0 Å². The summed E-state index contributed by atoms with van der Waals surface area (Å²) in [5.41, 5.74) is 0.887. The summed E-state index contributed by atoms with van der Waals surface area (Å²) < 4.78 is 12.0. The summed E-state index contributed by atoms with van der Waals surface area (Å²) in [5, 5.41) is -1.24. The summed E-state index contributed by atoms with van der Waals surface area (Å²) in [6.07, 6.45) is 0.361. The van der Waals surface area contributed by atoms with E-state index in [4.69, 9.17) is 24.5 Å². The second-order valence-electron chi connectivity index (χ2n) is 3.67. The second kappa shape index (κ2) is 6.69. The Kier molecular flexibility index (Phi) is 6.03. The largest absolute Gasteiger partial charge is 0.469 e. The van der Waals surface area contributed by atoms with Gasteiger partial charge in [-0.15, -0.1) is 0 Å². The van der Waals surface area contributed by atoms with Crippen molar-refractivity contribution in [3.8, 4) is 0 Å². The van der Waals surface area contributed by atoms with Crippen molar-refractivity contribution in [2.45, 2.75) is 6.42 Å². The van der Waals surface area contributed by atoms with Crippen molar-refractivity contribution in [2.75, 3.05) is 6.54 Å². The summed E-state index contributed by atoms with van der Waals surface area (Å²) >= 11 is 2.12. The molecule has 0 spiro atoms. The molecule has 0 unspecified atom stereocenters. The molecule has 7 nitrogen and oxygen atoms in total. The first kappa shape index (κ1) is 17.1. The van der Waals surface area contributed by atoms with Gasteiger partial charge in [-0.1, -0.05) is 12.1 Å². The molecular formula is C9H13INO6P2+. The molecule has 0 aliphatic carbocycles. The first-order valence-electron chi connectivity index (χ1n) is 5.03. The van der Waals surface area contributed by atoms with Gasteiger partial charge in [0.15, 0.2) is 0 Å². The van der Waals surface area contributed by atoms with Crippen molar-refractivity contribution < 1.29 is 29.0 Å². The topological polar surface area (TPSA) is 131 Å². The highest BCUT2D eigenvalue weighted by molar-refractivity contribution is 14.1. The minimum absolute atomic E-state index is 0.0655. The average Bonchev–Trinajstić information content (AvgIpc) is 2.21. The van der Waals surface area contributed by atoms with Gasteiger partial charge in [-0.05, 0) is 46.7 Å². The van der Waals surface area contributed by atoms with Crippen LogP contribution in [-0.4, -0.2) is 36.2 Å². The molecule has 0 fully saturated rings. The number of halogens is 1. The highest BCUT2D eigenvalue weighted by Gasteiger charge is 2.51. The molecule has 0 aliphatic heterocycles. The van der Waals surface area contributed by atoms with Crippen molar-refractivity contribution in [3.63, 3.8) is 0 Å². The van der Waals surface area contributed by atoms with Crippen LogP contribution < -0.4 is 0 Å². The zero-order valence-corrected chi connectivity index (χ0v) is 13.5. The lowest BCUT2D eigenvalue weighted by Crippen LogP contribution is -2.07. The van der Waals surface area contributed by atoms with Gasteiger partial charge in [-0.25, -0.2) is 9.56 Å². The van der Waals surface area contributed by atoms with Gasteiger partial charge in [-0.3, -0.25) is 0 Å². The molecule has 0 aliphatic rings. The number of nitrogens with zero attached hydrogens (tertiary/aromatic N) is 1. The van der Waals surface area contributed by atoms with E-state index >= 15 is 0 Å². The van der Waals surface area contributed by atoms with Gasteiger partial charge in [-0.2, -0.15) is 14.7 Å². The lowest BCUT2D eigenvalue weighted by atomic mass is 10.2. The number of aliphatic imine (C=N–C) groups is 1. The molecule has 0 saturated carbocycles. The van der Waals surface area contributed by atoms with E-state index in [1.807, 2.05) is 24.3 Å². The van der Waals surface area contributed by atoms with E-state index in [0.717, 1.165) is 9.13 Å². The summed E-state index contributed by atoms with van der Waals surface area (Å²) in [6, 6.07) is 7.40. The molecule has 19 heavy (non-hydrogen) atoms. The standard InChI is InChI=1S/C9H12INO6P2/c10-8-3-1-2-7(6-8)4-5-11-9(18(12,13)14)19(15,16)17/h1-3,6,12-14H,4-5H2,(H-,15,16,17)/p+1. The van der Waals surface area contributed by atoms with Crippen molar-refractivity contribution in [1.29, 1.82) is 0 Å². The van der Waals surface area contributed by atoms with E-state index in [2.05, 4.69) is 27.6 Å². The molecular weight excluding hydrogens is 407 g/mol. The minimum atomic E-state index is -4.98. The number of benzene rings is 1. The third-order valence-electron chi connectivity index (χ3n) is 2.07. The fourth-order valence-electron chi connectivity index (χ4n) is 1.34. The number of hydrogen-bond acceptors (Lipinski definition) is 5. The van der Waals surface area contributed by atoms with Gasteiger partial charge in [0.05, 0.1) is 0 Å². The van der Waals surface area contributed by atoms with Crippen LogP contribution in [0.1, 0.15) is 5.56 Å². The van der Waals surface area contributed by atoms with Crippen LogP contribution in [0, 0.1) is 3.57 Å². The third kappa shape index (κ3) is 5.93. The maximum Gasteiger partial charge on any atom is 0.469 e. The van der Waals surface area contributed by atoms with Gasteiger partial charge in [0.2, 0.25) is 0 Å². The maximum absolute atomic E-state index is 11.0. The van der Waals surface area contributed by atoms with Crippen LogP contribution in [0.15, 0.2) is 29.3 Å². The second-order valence-corrected chi connectivity index (χ2v) is 8.34. The normalized spacial score (nSPS) is 13.7. The molecule has 10 heteroatoms. The van der Waals surface area contributed by atoms with E-state index in [-0.39, 0.29) is 6.54 Å². The van der Waals surface area contributed by atoms with Crippen LogP contribution in [-0.2, 0) is 11.0 Å². The molecule has 1 aromatic rings. The molecule has 0 atom stereocenters. The predicted molar refractivity (Wildman–Crippen MR) is 80.8 cm³/mol. The molecule has 1 rings (SSSR count). The van der Waals surface area contributed by atoms with Crippen molar-refractivity contribution in [3.05, 3.63) is 33.4 Å². The van der Waals surface area contributed by atoms with E-state index < -0.39 is 20.7 Å². The van der Waals surface area contributed by atoms with E-state index in [1.165, 1.54) is 0 Å². The molecule has 0 saturated heterocycles. The smallest absolute Gasteiger partial charge is 0.317 e. The van der Waals surface area contributed by atoms with E-state index in [9.17, 15) is 4.57 Å². The van der Waals surface area contributed by atoms with Gasteiger partial charge >= 0.3 is 20.7 Å². The Bertz CT molecular complexity index is 524. The Morgan fingerprint density at radius 2 is 1.95 bits per heavy atom. The van der Waals surface area contributed by atoms with Gasteiger partial charge in [0, 0.05) is 10.1 Å². The van der Waals surface area contributed by atoms with Crippen LogP contribution in [0.3, 0.4) is 0 Å². The molecule has 0 heterocycles. The van der Waals surface area contributed by atoms with Gasteiger partial charge in [0.1, 0.15) is 0 Å². The lowest BCUT2D eigenvalue weighted by molar-refractivity contribution is 0.348. The zero-order chi connectivity index (χ0) is 14.7. The van der Waals surface area contributed by atoms with Crippen LogP contribution in [0.2, 0.25) is 0 Å². The first-order chi connectivity index (χ1) is 8.60. The summed E-state index contributed by atoms with van der Waals surface area (Å²) in [7, 11) is -9.77. The molecule has 0 radical (unpaired) electrons. The molecule has 0 bridgehead atoms. The van der Waals surface area contributed by atoms with E-state index in [1.54, 1.807) is 0 Å². The van der Waals surface area contributed by atoms with Crippen LogP contribution in [0.25, 0.3) is 0 Å². The molecule has 5 N–H and O–H groups in total. The van der Waals surface area contributed by atoms with E-state index in [0.29, 0.717) is 6.42 Å². The number of rotatable bonds is 5. The maximum atomic E-state index is 11.0. The summed E-state index contributed by atoms with van der Waals surface area (Å²) in [6.45, 7) is -0.0655. The Morgan fingerprint density at radius 3 is 2.42 bits per heavy atom. The Balaban J connectivity index is 2.81. The molecule has 106 valence electrons. The molecule has 1 aromatic carbocycles. The van der Waals surface area contributed by atoms with Gasteiger partial charge < -0.3 is 9.79 Å². The molecule has 0 amide bonds. The Hall–Kier alpha value is 0.0800. The Labute approximate surface area is 123 Å². The molecule has 0 aromatic heterocycles. The predicted octanol–water partition coefficient (Wildman–Crippen LogP) is 1.11. The van der Waals surface area contributed by atoms with Crippen LogP contribution >= 0.6 is 38.1 Å². The van der Waals surface area contributed by atoms with Crippen molar-refractivity contribution in [2.24, 2.45) is 4.99 Å². The summed E-state index contributed by atoms with van der Waals surface area (Å²) in [5.74, 6) is 0. The Morgan fingerprint density at radius 1 is 1.32 bits per heavy atom. The third-order valence-corrected chi connectivity index (χ3v) is 5.67. The lowest BCUT2D eigenvalue weighted by Gasteiger charge is -2.08. The zero-order valence-electron chi connectivity index (χ0n) is 9.59. The van der Waals surface area contributed by atoms with Crippen LogP contribution in [0.5, 0.6) is 0 Å². The monoisotopic (exact) mass is 420 g/mol. The fraction of sp³-hybridized carbons (Fsp3) is 0.222. The van der Waals surface area contributed by atoms with Crippen molar-refractivity contribution in [1.82, 2.24) is 0 Å². The number of hydrogen-bond donors (Lipinski definition) is 5. The van der Waals surface area contributed by atoms with Crippen LogP contribution in [0.4, 0.5) is 0 Å². The fourth-order valence-corrected chi connectivity index (χ4v) is 3.92. The average molecular weight is 420 g/mol. The minimum Gasteiger partial charge on any atom is -0.317 e. The quantitative estimate of drug-likeness (QED) is 0.276. The SMILES string of the molecule is O=P(O)(O)C(=NCCc1cccc(I)c1)[P+](O)(O)O. The van der Waals surface area contributed by atoms with Crippen molar-refractivity contribution >= 4 is 43.3 Å².